The lowest BCUT2D eigenvalue weighted by atomic mass is 9.77. The molecule has 96 valence electrons. The van der Waals surface area contributed by atoms with Crippen LogP contribution in [0.15, 0.2) is 0 Å². The maximum atomic E-state index is 5.12. The molecule has 0 aromatic rings. The highest BCUT2D eigenvalue weighted by molar-refractivity contribution is 4.86. The maximum absolute atomic E-state index is 5.12. The molecule has 2 heteroatoms. The molecule has 0 bridgehead atoms. The summed E-state index contributed by atoms with van der Waals surface area (Å²) in [6.07, 6.45) is 9.26. The van der Waals surface area contributed by atoms with Crippen molar-refractivity contribution in [3.8, 4) is 0 Å². The van der Waals surface area contributed by atoms with Crippen LogP contribution < -0.4 is 5.32 Å². The molecule has 0 unspecified atom stereocenters. The van der Waals surface area contributed by atoms with Crippen molar-refractivity contribution in [3.63, 3.8) is 0 Å². The smallest absolute Gasteiger partial charge is 0.0462 e. The van der Waals surface area contributed by atoms with E-state index < -0.39 is 0 Å². The summed E-state index contributed by atoms with van der Waals surface area (Å²) in [5.41, 5.74) is 0.538. The van der Waals surface area contributed by atoms with Gasteiger partial charge in [-0.3, -0.25) is 0 Å². The molecule has 1 rings (SSSR count). The Morgan fingerprint density at radius 1 is 1.19 bits per heavy atom. The fourth-order valence-corrected chi connectivity index (χ4v) is 2.34. The molecule has 0 aromatic carbocycles. The first-order valence-corrected chi connectivity index (χ1v) is 6.98. The summed E-state index contributed by atoms with van der Waals surface area (Å²) >= 11 is 0. The summed E-state index contributed by atoms with van der Waals surface area (Å²) in [5.74, 6) is 0. The van der Waals surface area contributed by atoms with E-state index in [0.717, 1.165) is 12.6 Å². The molecule has 1 aliphatic rings. The van der Waals surface area contributed by atoms with Gasteiger partial charge in [-0.15, -0.1) is 0 Å². The number of hydrogen-bond acceptors (Lipinski definition) is 2. The first-order chi connectivity index (χ1) is 7.76. The topological polar surface area (TPSA) is 21.3 Å². The van der Waals surface area contributed by atoms with Gasteiger partial charge in [-0.1, -0.05) is 20.3 Å². The van der Waals surface area contributed by atoms with Crippen molar-refractivity contribution in [2.24, 2.45) is 5.41 Å². The van der Waals surface area contributed by atoms with E-state index in [4.69, 9.17) is 4.74 Å². The Morgan fingerprint density at radius 2 is 1.88 bits per heavy atom. The second-order valence-electron chi connectivity index (χ2n) is 5.31. The van der Waals surface area contributed by atoms with Crippen LogP contribution in [0.1, 0.15) is 58.8 Å². The van der Waals surface area contributed by atoms with Crippen LogP contribution >= 0.6 is 0 Å². The van der Waals surface area contributed by atoms with Crippen LogP contribution in [-0.2, 0) is 4.74 Å². The summed E-state index contributed by atoms with van der Waals surface area (Å²) in [7, 11) is 1.79. The SMILES string of the molecule is CCC(CC)(CCCCOC)CNC1CC1. The number of ether oxygens (including phenoxy) is 1. The van der Waals surface area contributed by atoms with E-state index in [2.05, 4.69) is 19.2 Å². The summed E-state index contributed by atoms with van der Waals surface area (Å²) < 4.78 is 5.12. The van der Waals surface area contributed by atoms with Gasteiger partial charge in [-0.05, 0) is 43.9 Å². The lowest BCUT2D eigenvalue weighted by molar-refractivity contribution is 0.174. The van der Waals surface area contributed by atoms with Crippen molar-refractivity contribution in [3.05, 3.63) is 0 Å². The Balaban J connectivity index is 2.24. The zero-order valence-electron chi connectivity index (χ0n) is 11.3. The van der Waals surface area contributed by atoms with E-state index in [1.54, 1.807) is 7.11 Å². The van der Waals surface area contributed by atoms with Crippen molar-refractivity contribution in [1.82, 2.24) is 5.32 Å². The minimum Gasteiger partial charge on any atom is -0.385 e. The normalized spacial score (nSPS) is 16.7. The minimum absolute atomic E-state index is 0.538. The number of nitrogens with one attached hydrogen (secondary N) is 1. The lowest BCUT2D eigenvalue weighted by Crippen LogP contribution is -2.34. The summed E-state index contributed by atoms with van der Waals surface area (Å²) in [4.78, 5) is 0. The van der Waals surface area contributed by atoms with Crippen LogP contribution in [0, 0.1) is 5.41 Å². The highest BCUT2D eigenvalue weighted by atomic mass is 16.5. The number of rotatable bonds is 10. The molecule has 1 aliphatic carbocycles. The predicted molar refractivity (Wildman–Crippen MR) is 69.8 cm³/mol. The van der Waals surface area contributed by atoms with Gasteiger partial charge in [-0.25, -0.2) is 0 Å². The molecule has 0 heterocycles. The third kappa shape index (κ3) is 4.84. The van der Waals surface area contributed by atoms with Crippen LogP contribution in [-0.4, -0.2) is 26.3 Å². The molecule has 0 amide bonds. The predicted octanol–water partition coefficient (Wildman–Crippen LogP) is 3.36. The Morgan fingerprint density at radius 3 is 2.38 bits per heavy atom. The van der Waals surface area contributed by atoms with Crippen molar-refractivity contribution in [2.45, 2.75) is 64.8 Å². The quantitative estimate of drug-likeness (QED) is 0.578. The molecule has 0 radical (unpaired) electrons. The molecule has 1 N–H and O–H groups in total. The van der Waals surface area contributed by atoms with E-state index in [1.807, 2.05) is 0 Å². The third-order valence-corrected chi connectivity index (χ3v) is 4.15. The van der Waals surface area contributed by atoms with Crippen molar-refractivity contribution in [2.75, 3.05) is 20.3 Å². The number of hydrogen-bond donors (Lipinski definition) is 1. The zero-order chi connectivity index (χ0) is 11.9. The average molecular weight is 227 g/mol. The molecular formula is C14H29NO. The second kappa shape index (κ2) is 7.29. The van der Waals surface area contributed by atoms with Crippen molar-refractivity contribution in [1.29, 1.82) is 0 Å². The van der Waals surface area contributed by atoms with Gasteiger partial charge >= 0.3 is 0 Å². The number of unbranched alkanes of at least 4 members (excludes halogenated alkanes) is 1. The van der Waals surface area contributed by atoms with Gasteiger partial charge in [0, 0.05) is 26.3 Å². The molecule has 0 aliphatic heterocycles. The Labute approximate surface area is 101 Å². The fourth-order valence-electron chi connectivity index (χ4n) is 2.34. The molecular weight excluding hydrogens is 198 g/mol. The molecule has 0 atom stereocenters. The highest BCUT2D eigenvalue weighted by Gasteiger charge is 2.29. The van der Waals surface area contributed by atoms with Crippen LogP contribution in [0.4, 0.5) is 0 Å². The molecule has 1 saturated carbocycles. The number of methoxy groups -OCH3 is 1. The Kier molecular flexibility index (Phi) is 6.37. The third-order valence-electron chi connectivity index (χ3n) is 4.15. The van der Waals surface area contributed by atoms with E-state index >= 15 is 0 Å². The Bertz CT molecular complexity index is 174. The largest absolute Gasteiger partial charge is 0.385 e. The summed E-state index contributed by atoms with van der Waals surface area (Å²) in [5, 5.41) is 3.71. The van der Waals surface area contributed by atoms with Gasteiger partial charge in [0.25, 0.3) is 0 Å². The molecule has 0 aromatic heterocycles. The first-order valence-electron chi connectivity index (χ1n) is 6.98. The molecule has 1 fully saturated rings. The van der Waals surface area contributed by atoms with Gasteiger partial charge in [-0.2, -0.15) is 0 Å². The van der Waals surface area contributed by atoms with Gasteiger partial charge in [0.1, 0.15) is 0 Å². The van der Waals surface area contributed by atoms with E-state index in [0.29, 0.717) is 5.41 Å². The van der Waals surface area contributed by atoms with Crippen LogP contribution in [0.2, 0.25) is 0 Å². The molecule has 16 heavy (non-hydrogen) atoms. The fraction of sp³-hybridized carbons (Fsp3) is 1.00. The van der Waals surface area contributed by atoms with E-state index in [9.17, 15) is 0 Å². The summed E-state index contributed by atoms with van der Waals surface area (Å²) in [6.45, 7) is 6.82. The average Bonchev–Trinajstić information content (AvgIpc) is 3.13. The van der Waals surface area contributed by atoms with Crippen molar-refractivity contribution < 1.29 is 4.74 Å². The molecule has 2 nitrogen and oxygen atoms in total. The monoisotopic (exact) mass is 227 g/mol. The molecule has 0 spiro atoms. The van der Waals surface area contributed by atoms with Gasteiger partial charge in [0.15, 0.2) is 0 Å². The summed E-state index contributed by atoms with van der Waals surface area (Å²) in [6, 6.07) is 0.844. The van der Waals surface area contributed by atoms with Crippen LogP contribution in [0.3, 0.4) is 0 Å². The minimum atomic E-state index is 0.538. The van der Waals surface area contributed by atoms with Crippen molar-refractivity contribution >= 4 is 0 Å². The van der Waals surface area contributed by atoms with E-state index in [-0.39, 0.29) is 0 Å². The van der Waals surface area contributed by atoms with Crippen LogP contribution in [0.5, 0.6) is 0 Å². The van der Waals surface area contributed by atoms with Gasteiger partial charge in [0.05, 0.1) is 0 Å². The van der Waals surface area contributed by atoms with Crippen LogP contribution in [0.25, 0.3) is 0 Å². The molecule has 0 saturated heterocycles. The Hall–Kier alpha value is -0.0800. The second-order valence-corrected chi connectivity index (χ2v) is 5.31. The van der Waals surface area contributed by atoms with E-state index in [1.165, 1.54) is 51.5 Å². The first kappa shape index (κ1) is 14.0. The standard InChI is InChI=1S/C14H29NO/c1-4-14(5-2,10-6-7-11-16-3)12-15-13-8-9-13/h13,15H,4-12H2,1-3H3. The van der Waals surface area contributed by atoms with Gasteiger partial charge < -0.3 is 10.1 Å². The zero-order valence-corrected chi connectivity index (χ0v) is 11.3. The van der Waals surface area contributed by atoms with Gasteiger partial charge in [0.2, 0.25) is 0 Å². The maximum Gasteiger partial charge on any atom is 0.0462 e. The highest BCUT2D eigenvalue weighted by Crippen LogP contribution is 2.33. The lowest BCUT2D eigenvalue weighted by Gasteiger charge is -2.32.